The normalized spacial score (nSPS) is 17.8. The zero-order chi connectivity index (χ0) is 14.5. The number of carbonyl (C=O) groups is 3. The van der Waals surface area contributed by atoms with E-state index in [4.69, 9.17) is 4.74 Å². The quantitative estimate of drug-likeness (QED) is 0.750. The summed E-state index contributed by atoms with van der Waals surface area (Å²) in [5.41, 5.74) is 0.815. The molecule has 1 atom stereocenters. The number of rotatable bonds is 5. The number of hydrogen-bond donors (Lipinski definition) is 2. The van der Waals surface area contributed by atoms with Gasteiger partial charge in [0.1, 0.15) is 11.8 Å². The highest BCUT2D eigenvalue weighted by Crippen LogP contribution is 2.12. The number of hydrogen-bond acceptors (Lipinski definition) is 4. The molecule has 0 aromatic heterocycles. The van der Waals surface area contributed by atoms with E-state index in [0.717, 1.165) is 11.3 Å². The van der Waals surface area contributed by atoms with Crippen molar-refractivity contribution in [1.29, 1.82) is 0 Å². The zero-order valence-corrected chi connectivity index (χ0v) is 11.1. The van der Waals surface area contributed by atoms with Gasteiger partial charge in [0.2, 0.25) is 17.7 Å². The fourth-order valence-electron chi connectivity index (χ4n) is 1.97. The molecular formula is C14H16N2O4. The SMILES string of the molecule is CCOc1ccc(CC(=O)NC2CC(=O)NC2=O)cc1. The Balaban J connectivity index is 1.88. The molecule has 1 heterocycles. The summed E-state index contributed by atoms with van der Waals surface area (Å²) in [6, 6.07) is 6.42. The lowest BCUT2D eigenvalue weighted by Crippen LogP contribution is -2.40. The van der Waals surface area contributed by atoms with Crippen LogP contribution < -0.4 is 15.4 Å². The molecule has 6 nitrogen and oxygen atoms in total. The predicted octanol–water partition coefficient (Wildman–Crippen LogP) is 0.159. The van der Waals surface area contributed by atoms with E-state index in [0.29, 0.717) is 6.61 Å². The molecular weight excluding hydrogens is 260 g/mol. The second kappa shape index (κ2) is 6.18. The second-order valence-corrected chi connectivity index (χ2v) is 4.49. The van der Waals surface area contributed by atoms with Gasteiger partial charge in [-0.1, -0.05) is 12.1 Å². The van der Waals surface area contributed by atoms with E-state index in [1.54, 1.807) is 24.3 Å². The van der Waals surface area contributed by atoms with E-state index in [1.165, 1.54) is 0 Å². The number of nitrogens with one attached hydrogen (secondary N) is 2. The van der Waals surface area contributed by atoms with Crippen LogP contribution in [0, 0.1) is 0 Å². The summed E-state index contributed by atoms with van der Waals surface area (Å²) in [4.78, 5) is 34.1. The minimum absolute atomic E-state index is 0.00779. The number of benzene rings is 1. The summed E-state index contributed by atoms with van der Waals surface area (Å²) >= 11 is 0. The molecule has 3 amide bonds. The third kappa shape index (κ3) is 3.57. The highest BCUT2D eigenvalue weighted by molar-refractivity contribution is 6.06. The Labute approximate surface area is 116 Å². The van der Waals surface area contributed by atoms with E-state index >= 15 is 0 Å². The second-order valence-electron chi connectivity index (χ2n) is 4.49. The minimum Gasteiger partial charge on any atom is -0.494 e. The van der Waals surface area contributed by atoms with Crippen LogP contribution >= 0.6 is 0 Å². The van der Waals surface area contributed by atoms with Crippen LogP contribution in [-0.2, 0) is 20.8 Å². The average Bonchev–Trinajstić information content (AvgIpc) is 2.70. The van der Waals surface area contributed by atoms with Gasteiger partial charge in [-0.3, -0.25) is 19.7 Å². The highest BCUT2D eigenvalue weighted by atomic mass is 16.5. The maximum absolute atomic E-state index is 11.8. The molecule has 0 radical (unpaired) electrons. The Bertz CT molecular complexity index is 524. The lowest BCUT2D eigenvalue weighted by atomic mass is 10.1. The van der Waals surface area contributed by atoms with Gasteiger partial charge in [0.15, 0.2) is 0 Å². The monoisotopic (exact) mass is 276 g/mol. The minimum atomic E-state index is -0.752. The number of amides is 3. The molecule has 1 unspecified atom stereocenters. The number of ether oxygens (including phenoxy) is 1. The fourth-order valence-corrected chi connectivity index (χ4v) is 1.97. The molecule has 1 aromatic rings. The smallest absolute Gasteiger partial charge is 0.249 e. The molecule has 0 aliphatic carbocycles. The van der Waals surface area contributed by atoms with Crippen molar-refractivity contribution >= 4 is 17.7 Å². The molecule has 6 heteroatoms. The van der Waals surface area contributed by atoms with Crippen molar-refractivity contribution in [3.8, 4) is 5.75 Å². The van der Waals surface area contributed by atoms with Crippen molar-refractivity contribution in [1.82, 2.24) is 10.6 Å². The molecule has 106 valence electrons. The van der Waals surface area contributed by atoms with Crippen LogP contribution in [0.3, 0.4) is 0 Å². The fraction of sp³-hybridized carbons (Fsp3) is 0.357. The molecule has 1 aliphatic rings. The first-order valence-electron chi connectivity index (χ1n) is 6.43. The van der Waals surface area contributed by atoms with Crippen LogP contribution in [0.5, 0.6) is 5.75 Å². The van der Waals surface area contributed by atoms with Gasteiger partial charge in [-0.25, -0.2) is 0 Å². The molecule has 0 bridgehead atoms. The molecule has 20 heavy (non-hydrogen) atoms. The van der Waals surface area contributed by atoms with Crippen molar-refractivity contribution in [3.05, 3.63) is 29.8 Å². The van der Waals surface area contributed by atoms with Gasteiger partial charge in [-0.15, -0.1) is 0 Å². The largest absolute Gasteiger partial charge is 0.494 e. The van der Waals surface area contributed by atoms with Gasteiger partial charge in [0.05, 0.1) is 19.4 Å². The first-order chi connectivity index (χ1) is 9.58. The van der Waals surface area contributed by atoms with Crippen LogP contribution in [0.4, 0.5) is 0 Å². The zero-order valence-electron chi connectivity index (χ0n) is 11.1. The number of imide groups is 1. The third-order valence-corrected chi connectivity index (χ3v) is 2.90. The first kappa shape index (κ1) is 14.0. The Morgan fingerprint density at radius 2 is 2.05 bits per heavy atom. The topological polar surface area (TPSA) is 84.5 Å². The van der Waals surface area contributed by atoms with E-state index in [-0.39, 0.29) is 24.7 Å². The Kier molecular flexibility index (Phi) is 4.34. The summed E-state index contributed by atoms with van der Waals surface area (Å²) in [5, 5.41) is 4.69. The summed E-state index contributed by atoms with van der Waals surface area (Å²) in [5.74, 6) is -0.349. The molecule has 1 aromatic carbocycles. The van der Waals surface area contributed by atoms with Crippen molar-refractivity contribution in [3.63, 3.8) is 0 Å². The van der Waals surface area contributed by atoms with Gasteiger partial charge in [0, 0.05) is 0 Å². The molecule has 2 N–H and O–H groups in total. The van der Waals surface area contributed by atoms with Crippen LogP contribution in [0.1, 0.15) is 18.9 Å². The molecule has 1 aliphatic heterocycles. The molecule has 0 spiro atoms. The van der Waals surface area contributed by atoms with Crippen LogP contribution in [0.2, 0.25) is 0 Å². The van der Waals surface area contributed by atoms with Crippen molar-refractivity contribution < 1.29 is 19.1 Å². The van der Waals surface area contributed by atoms with Gasteiger partial charge in [-0.05, 0) is 24.6 Å². The van der Waals surface area contributed by atoms with E-state index < -0.39 is 11.9 Å². The first-order valence-corrected chi connectivity index (χ1v) is 6.43. The Morgan fingerprint density at radius 3 is 2.60 bits per heavy atom. The number of carbonyl (C=O) groups excluding carboxylic acids is 3. The summed E-state index contributed by atoms with van der Waals surface area (Å²) in [6.07, 6.45) is 0.165. The van der Waals surface area contributed by atoms with Gasteiger partial charge in [-0.2, -0.15) is 0 Å². The van der Waals surface area contributed by atoms with Crippen LogP contribution in [0.25, 0.3) is 0 Å². The van der Waals surface area contributed by atoms with Crippen molar-refractivity contribution in [2.75, 3.05) is 6.61 Å². The maximum atomic E-state index is 11.8. The van der Waals surface area contributed by atoms with Crippen LogP contribution in [-0.4, -0.2) is 30.4 Å². The molecule has 0 saturated carbocycles. The third-order valence-electron chi connectivity index (χ3n) is 2.90. The predicted molar refractivity (Wildman–Crippen MR) is 71.0 cm³/mol. The van der Waals surface area contributed by atoms with E-state index in [1.807, 2.05) is 6.92 Å². The van der Waals surface area contributed by atoms with Crippen molar-refractivity contribution in [2.24, 2.45) is 0 Å². The van der Waals surface area contributed by atoms with Gasteiger partial charge < -0.3 is 10.1 Å². The molecule has 2 rings (SSSR count). The Hall–Kier alpha value is -2.37. The maximum Gasteiger partial charge on any atom is 0.249 e. The standard InChI is InChI=1S/C14H16N2O4/c1-2-20-10-5-3-9(4-6-10)7-12(17)15-11-8-13(18)16-14(11)19/h3-6,11H,2,7-8H2,1H3,(H,15,17)(H,16,18,19). The highest BCUT2D eigenvalue weighted by Gasteiger charge is 2.31. The van der Waals surface area contributed by atoms with E-state index in [9.17, 15) is 14.4 Å². The average molecular weight is 276 g/mol. The lowest BCUT2D eigenvalue weighted by molar-refractivity contribution is -0.128. The summed E-state index contributed by atoms with van der Waals surface area (Å²) in [7, 11) is 0. The summed E-state index contributed by atoms with van der Waals surface area (Å²) in [6.45, 7) is 2.49. The van der Waals surface area contributed by atoms with Gasteiger partial charge >= 0.3 is 0 Å². The van der Waals surface area contributed by atoms with Crippen molar-refractivity contribution in [2.45, 2.75) is 25.8 Å². The summed E-state index contributed by atoms with van der Waals surface area (Å²) < 4.78 is 5.31. The van der Waals surface area contributed by atoms with Gasteiger partial charge in [0.25, 0.3) is 0 Å². The molecule has 1 fully saturated rings. The van der Waals surface area contributed by atoms with E-state index in [2.05, 4.69) is 10.6 Å². The molecule has 1 saturated heterocycles. The Morgan fingerprint density at radius 1 is 1.35 bits per heavy atom. The van der Waals surface area contributed by atoms with Crippen LogP contribution in [0.15, 0.2) is 24.3 Å². The lowest BCUT2D eigenvalue weighted by Gasteiger charge is -2.09.